The van der Waals surface area contributed by atoms with Crippen molar-refractivity contribution in [2.45, 2.75) is 43.9 Å². The molecule has 2 saturated heterocycles. The molecule has 2 aliphatic heterocycles. The van der Waals surface area contributed by atoms with Gasteiger partial charge >= 0.3 is 0 Å². The van der Waals surface area contributed by atoms with Gasteiger partial charge in [0, 0.05) is 16.8 Å². The number of carbonyl (C=O) groups is 1. The second kappa shape index (κ2) is 4.57. The van der Waals surface area contributed by atoms with Crippen molar-refractivity contribution in [1.29, 1.82) is 0 Å². The maximum Gasteiger partial charge on any atom is 0.264 e. The fourth-order valence-electron chi connectivity index (χ4n) is 3.69. The third-order valence-corrected chi connectivity index (χ3v) is 5.68. The van der Waals surface area contributed by atoms with Crippen LogP contribution in [-0.4, -0.2) is 34.1 Å². The first-order valence-electron chi connectivity index (χ1n) is 7.21. The fourth-order valence-corrected chi connectivity index (χ4v) is 4.70. The molecule has 0 saturated carbocycles. The minimum atomic E-state index is -0.223. The Morgan fingerprint density at radius 2 is 1.90 bits per heavy atom. The van der Waals surface area contributed by atoms with E-state index >= 15 is 0 Å². The highest BCUT2D eigenvalue weighted by molar-refractivity contribution is 7.20. The van der Waals surface area contributed by atoms with Crippen molar-refractivity contribution in [1.82, 2.24) is 4.90 Å². The van der Waals surface area contributed by atoms with E-state index in [0.29, 0.717) is 0 Å². The Kier molecular flexibility index (Phi) is 2.82. The Morgan fingerprint density at radius 1 is 1.20 bits per heavy atom. The largest absolute Gasteiger partial charge is 0.393 e. The minimum absolute atomic E-state index is 0.158. The summed E-state index contributed by atoms with van der Waals surface area (Å²) >= 11 is 1.58. The van der Waals surface area contributed by atoms with Crippen LogP contribution in [-0.2, 0) is 0 Å². The molecule has 2 atom stereocenters. The van der Waals surface area contributed by atoms with Crippen molar-refractivity contribution in [3.63, 3.8) is 0 Å². The van der Waals surface area contributed by atoms with Crippen LogP contribution in [0.1, 0.15) is 35.4 Å². The average molecular weight is 287 g/mol. The van der Waals surface area contributed by atoms with E-state index in [1.54, 1.807) is 11.3 Å². The Bertz CT molecular complexity index is 618. The van der Waals surface area contributed by atoms with Gasteiger partial charge in [-0.25, -0.2) is 0 Å². The predicted octanol–water partition coefficient (Wildman–Crippen LogP) is 3.03. The van der Waals surface area contributed by atoms with Crippen molar-refractivity contribution < 1.29 is 9.90 Å². The second-order valence-corrected chi connectivity index (χ2v) is 6.95. The average Bonchev–Trinajstić information content (AvgIpc) is 2.98. The third kappa shape index (κ3) is 1.86. The molecule has 2 aliphatic rings. The van der Waals surface area contributed by atoms with E-state index in [1.807, 2.05) is 23.1 Å². The lowest BCUT2D eigenvalue weighted by molar-refractivity contribution is 0.0290. The molecule has 3 heterocycles. The molecule has 0 radical (unpaired) electrons. The van der Waals surface area contributed by atoms with Crippen LogP contribution in [0.5, 0.6) is 0 Å². The third-order valence-electron chi connectivity index (χ3n) is 4.58. The number of piperidine rings is 1. The normalized spacial score (nSPS) is 29.1. The molecule has 1 aromatic carbocycles. The van der Waals surface area contributed by atoms with Gasteiger partial charge < -0.3 is 10.0 Å². The molecule has 2 bridgehead atoms. The highest BCUT2D eigenvalue weighted by Gasteiger charge is 2.43. The van der Waals surface area contributed by atoms with Crippen LogP contribution in [0.2, 0.25) is 0 Å². The highest BCUT2D eigenvalue weighted by Crippen LogP contribution is 2.38. The molecule has 2 aromatic rings. The summed E-state index contributed by atoms with van der Waals surface area (Å²) in [6, 6.07) is 10.6. The van der Waals surface area contributed by atoms with E-state index in [-0.39, 0.29) is 24.1 Å². The highest BCUT2D eigenvalue weighted by atomic mass is 32.1. The topological polar surface area (TPSA) is 40.5 Å². The smallest absolute Gasteiger partial charge is 0.264 e. The number of aliphatic hydroxyl groups is 1. The number of rotatable bonds is 1. The van der Waals surface area contributed by atoms with E-state index in [4.69, 9.17) is 0 Å². The van der Waals surface area contributed by atoms with Gasteiger partial charge in [-0.15, -0.1) is 11.3 Å². The molecular weight excluding hydrogens is 270 g/mol. The van der Waals surface area contributed by atoms with Crippen LogP contribution < -0.4 is 0 Å². The van der Waals surface area contributed by atoms with Crippen molar-refractivity contribution in [2.24, 2.45) is 0 Å². The summed E-state index contributed by atoms with van der Waals surface area (Å²) in [5.74, 6) is 0.158. The molecule has 1 amide bonds. The summed E-state index contributed by atoms with van der Waals surface area (Å²) in [4.78, 5) is 15.7. The van der Waals surface area contributed by atoms with E-state index in [1.165, 1.54) is 4.70 Å². The van der Waals surface area contributed by atoms with Gasteiger partial charge in [0.2, 0.25) is 0 Å². The number of hydrogen-bond donors (Lipinski definition) is 1. The Balaban J connectivity index is 1.67. The maximum atomic E-state index is 12.8. The molecule has 4 rings (SSSR count). The zero-order valence-electron chi connectivity index (χ0n) is 11.2. The van der Waals surface area contributed by atoms with Gasteiger partial charge in [-0.3, -0.25) is 4.79 Å². The van der Waals surface area contributed by atoms with Crippen LogP contribution in [0.25, 0.3) is 10.1 Å². The summed E-state index contributed by atoms with van der Waals surface area (Å²) < 4.78 is 1.17. The van der Waals surface area contributed by atoms with Crippen molar-refractivity contribution >= 4 is 27.3 Å². The molecule has 0 spiro atoms. The Labute approximate surface area is 121 Å². The lowest BCUT2D eigenvalue weighted by atomic mass is 9.99. The van der Waals surface area contributed by atoms with Crippen molar-refractivity contribution in [2.75, 3.05) is 0 Å². The Hall–Kier alpha value is -1.39. The molecule has 0 aliphatic carbocycles. The van der Waals surface area contributed by atoms with Gasteiger partial charge in [0.05, 0.1) is 11.0 Å². The molecule has 2 unspecified atom stereocenters. The SMILES string of the molecule is O=C(c1cc2ccccc2s1)N1C2CCC1CC(O)C2. The van der Waals surface area contributed by atoms with E-state index in [0.717, 1.165) is 35.9 Å². The summed E-state index contributed by atoms with van der Waals surface area (Å²) in [6.45, 7) is 0. The van der Waals surface area contributed by atoms with E-state index < -0.39 is 0 Å². The van der Waals surface area contributed by atoms with Crippen LogP contribution in [0.3, 0.4) is 0 Å². The summed E-state index contributed by atoms with van der Waals surface area (Å²) in [5, 5.41) is 11.0. The Morgan fingerprint density at radius 3 is 2.60 bits per heavy atom. The summed E-state index contributed by atoms with van der Waals surface area (Å²) in [7, 11) is 0. The molecule has 104 valence electrons. The quantitative estimate of drug-likeness (QED) is 0.876. The van der Waals surface area contributed by atoms with Gasteiger partial charge in [0.15, 0.2) is 0 Å². The van der Waals surface area contributed by atoms with Gasteiger partial charge in [-0.2, -0.15) is 0 Å². The number of thiophene rings is 1. The lowest BCUT2D eigenvalue weighted by Crippen LogP contribution is -2.47. The molecule has 2 fully saturated rings. The molecule has 1 aromatic heterocycles. The maximum absolute atomic E-state index is 12.8. The van der Waals surface area contributed by atoms with Crippen LogP contribution in [0.4, 0.5) is 0 Å². The van der Waals surface area contributed by atoms with Crippen molar-refractivity contribution in [3.05, 3.63) is 35.2 Å². The molecule has 20 heavy (non-hydrogen) atoms. The fraction of sp³-hybridized carbons (Fsp3) is 0.438. The predicted molar refractivity (Wildman–Crippen MR) is 80.0 cm³/mol. The van der Waals surface area contributed by atoms with Crippen LogP contribution in [0.15, 0.2) is 30.3 Å². The summed E-state index contributed by atoms with van der Waals surface area (Å²) in [6.07, 6.45) is 3.34. The number of nitrogens with zero attached hydrogens (tertiary/aromatic N) is 1. The van der Waals surface area contributed by atoms with Crippen molar-refractivity contribution in [3.8, 4) is 0 Å². The molecule has 3 nitrogen and oxygen atoms in total. The first-order valence-corrected chi connectivity index (χ1v) is 8.03. The molecular formula is C16H17NO2S. The number of aliphatic hydroxyl groups excluding tert-OH is 1. The van der Waals surface area contributed by atoms with Crippen LogP contribution in [0, 0.1) is 0 Å². The number of fused-ring (bicyclic) bond motifs is 3. The first-order chi connectivity index (χ1) is 9.72. The second-order valence-electron chi connectivity index (χ2n) is 5.87. The number of benzene rings is 1. The number of carbonyl (C=O) groups excluding carboxylic acids is 1. The van der Waals surface area contributed by atoms with Gasteiger partial charge in [-0.1, -0.05) is 18.2 Å². The zero-order chi connectivity index (χ0) is 13.7. The molecule has 4 heteroatoms. The van der Waals surface area contributed by atoms with Crippen LogP contribution >= 0.6 is 11.3 Å². The number of amides is 1. The van der Waals surface area contributed by atoms with Gasteiger partial charge in [0.1, 0.15) is 0 Å². The number of hydrogen-bond acceptors (Lipinski definition) is 3. The van der Waals surface area contributed by atoms with E-state index in [2.05, 4.69) is 12.1 Å². The summed E-state index contributed by atoms with van der Waals surface area (Å²) in [5.41, 5.74) is 0. The molecule has 1 N–H and O–H groups in total. The lowest BCUT2D eigenvalue weighted by Gasteiger charge is -2.36. The van der Waals surface area contributed by atoms with Gasteiger partial charge in [0.25, 0.3) is 5.91 Å². The minimum Gasteiger partial charge on any atom is -0.393 e. The first kappa shape index (κ1) is 12.4. The van der Waals surface area contributed by atoms with Gasteiger partial charge in [-0.05, 0) is 43.2 Å². The van der Waals surface area contributed by atoms with E-state index in [9.17, 15) is 9.90 Å². The standard InChI is InChI=1S/C16H17NO2S/c18-13-8-11-5-6-12(9-13)17(11)16(19)15-7-10-3-1-2-4-14(10)20-15/h1-4,7,11-13,18H,5-6,8-9H2. The monoisotopic (exact) mass is 287 g/mol. The zero-order valence-corrected chi connectivity index (χ0v) is 12.0.